The lowest BCUT2D eigenvalue weighted by Gasteiger charge is -2.21. The van der Waals surface area contributed by atoms with Crippen molar-refractivity contribution in [1.29, 1.82) is 0 Å². The Morgan fingerprint density at radius 3 is 0.782 bits per heavy atom. The Hall–Kier alpha value is -1.94. The Labute approximate surface area is 530 Å². The summed E-state index contributed by atoms with van der Waals surface area (Å²) in [6.07, 6.45) is 44.8. The SMILES string of the molecule is CCCCCCCCCCCCCCCCCCCCC(=O)O[C@H](COC(=O)CCCCCCCCCCCCC(C)C)COP(=O)(O)OC[C@@H](O)COP(=O)(O)OC[C@@H](COC(=O)CCCCCCCCC)OC(=O)CCCCCCCCC(C)C. The molecule has 3 N–H and O–H groups in total. The number of ether oxygens (including phenoxy) is 4. The van der Waals surface area contributed by atoms with Gasteiger partial charge in [0.1, 0.15) is 19.3 Å². The first-order valence-electron chi connectivity index (χ1n) is 35.5. The van der Waals surface area contributed by atoms with Gasteiger partial charge in [-0.3, -0.25) is 37.3 Å². The van der Waals surface area contributed by atoms with Gasteiger partial charge < -0.3 is 33.8 Å². The van der Waals surface area contributed by atoms with Gasteiger partial charge in [0, 0.05) is 25.7 Å². The van der Waals surface area contributed by atoms with Crippen LogP contribution >= 0.6 is 15.6 Å². The van der Waals surface area contributed by atoms with E-state index in [0.29, 0.717) is 31.6 Å². The molecule has 0 saturated carbocycles. The van der Waals surface area contributed by atoms with E-state index in [2.05, 4.69) is 41.5 Å². The number of rotatable bonds is 67. The summed E-state index contributed by atoms with van der Waals surface area (Å²) in [5, 5.41) is 10.5. The molecule has 0 amide bonds. The zero-order valence-corrected chi connectivity index (χ0v) is 58.1. The van der Waals surface area contributed by atoms with E-state index in [4.69, 9.17) is 37.0 Å². The molecule has 0 saturated heterocycles. The van der Waals surface area contributed by atoms with Crippen molar-refractivity contribution in [2.75, 3.05) is 39.6 Å². The average Bonchev–Trinajstić information content (AvgIpc) is 3.63. The largest absolute Gasteiger partial charge is 0.472 e. The monoisotopic (exact) mass is 1280 g/mol. The Morgan fingerprint density at radius 1 is 0.310 bits per heavy atom. The van der Waals surface area contributed by atoms with Crippen LogP contribution in [0.25, 0.3) is 0 Å². The standard InChI is InChI=1S/C68H132O17P2/c1-7-9-11-13-15-16-17-18-19-20-21-22-23-24-29-33-40-46-52-67(72)84-63(57-79-66(71)51-45-39-32-28-26-25-27-31-36-42-48-60(3)4)58-82-86(74,75)80-54-62(69)55-81-87(76,77)83-59-64(56-78-65(70)50-44-38-30-14-12-10-8-2)85-68(73)53-47-41-35-34-37-43-49-61(5)6/h60-64,69H,7-59H2,1-6H3,(H,74,75)(H,76,77)/t62-,63-,64-/m1/s1. The quantitative estimate of drug-likeness (QED) is 0.0222. The number of aliphatic hydroxyl groups is 1. The molecule has 87 heavy (non-hydrogen) atoms. The first-order valence-corrected chi connectivity index (χ1v) is 38.5. The van der Waals surface area contributed by atoms with Gasteiger partial charge in [-0.2, -0.15) is 0 Å². The van der Waals surface area contributed by atoms with E-state index in [-0.39, 0.29) is 25.7 Å². The van der Waals surface area contributed by atoms with Crippen LogP contribution in [0.2, 0.25) is 0 Å². The molecule has 0 aliphatic carbocycles. The van der Waals surface area contributed by atoms with Crippen molar-refractivity contribution in [3.63, 3.8) is 0 Å². The van der Waals surface area contributed by atoms with E-state index < -0.39 is 97.5 Å². The molecule has 0 aromatic rings. The Morgan fingerprint density at radius 2 is 0.529 bits per heavy atom. The third kappa shape index (κ3) is 62.6. The molecule has 2 unspecified atom stereocenters. The topological polar surface area (TPSA) is 237 Å². The zero-order chi connectivity index (χ0) is 64.3. The highest BCUT2D eigenvalue weighted by molar-refractivity contribution is 7.47. The summed E-state index contributed by atoms with van der Waals surface area (Å²) >= 11 is 0. The third-order valence-corrected chi connectivity index (χ3v) is 17.6. The normalized spacial score (nSPS) is 14.2. The molecule has 0 aliphatic rings. The van der Waals surface area contributed by atoms with E-state index in [1.54, 1.807) is 0 Å². The minimum absolute atomic E-state index is 0.102. The highest BCUT2D eigenvalue weighted by Gasteiger charge is 2.30. The first-order chi connectivity index (χ1) is 41.9. The summed E-state index contributed by atoms with van der Waals surface area (Å²) in [5.41, 5.74) is 0. The highest BCUT2D eigenvalue weighted by Crippen LogP contribution is 2.45. The second-order valence-electron chi connectivity index (χ2n) is 25.5. The number of carbonyl (C=O) groups is 4. The maximum Gasteiger partial charge on any atom is 0.472 e. The molecule has 17 nitrogen and oxygen atoms in total. The van der Waals surface area contributed by atoms with Gasteiger partial charge in [0.05, 0.1) is 26.4 Å². The molecule has 19 heteroatoms. The molecule has 0 aromatic carbocycles. The molecule has 0 aromatic heterocycles. The minimum Gasteiger partial charge on any atom is -0.462 e. The number of phosphoric ester groups is 2. The number of carbonyl (C=O) groups excluding carboxylic acids is 4. The van der Waals surface area contributed by atoms with Gasteiger partial charge in [-0.05, 0) is 37.5 Å². The van der Waals surface area contributed by atoms with Crippen LogP contribution in [0.15, 0.2) is 0 Å². The molecular formula is C68H132O17P2. The van der Waals surface area contributed by atoms with E-state index in [9.17, 15) is 43.2 Å². The van der Waals surface area contributed by atoms with Crippen molar-refractivity contribution in [3.8, 4) is 0 Å². The van der Waals surface area contributed by atoms with E-state index in [1.807, 2.05) is 0 Å². The summed E-state index contributed by atoms with van der Waals surface area (Å²) in [5.74, 6) is -0.708. The lowest BCUT2D eigenvalue weighted by Crippen LogP contribution is -2.30. The number of unbranched alkanes of at least 4 members (excludes halogenated alkanes) is 37. The Kier molecular flexibility index (Phi) is 59.0. The molecule has 0 aliphatic heterocycles. The van der Waals surface area contributed by atoms with Crippen molar-refractivity contribution >= 4 is 39.5 Å². The molecule has 0 heterocycles. The van der Waals surface area contributed by atoms with E-state index in [1.165, 1.54) is 148 Å². The van der Waals surface area contributed by atoms with Gasteiger partial charge in [0.15, 0.2) is 12.2 Å². The van der Waals surface area contributed by atoms with Gasteiger partial charge in [-0.15, -0.1) is 0 Å². The van der Waals surface area contributed by atoms with Crippen LogP contribution in [0.3, 0.4) is 0 Å². The van der Waals surface area contributed by atoms with Crippen LogP contribution in [0.5, 0.6) is 0 Å². The van der Waals surface area contributed by atoms with Crippen LogP contribution in [-0.2, 0) is 65.4 Å². The molecule has 0 rings (SSSR count). The number of hydrogen-bond acceptors (Lipinski definition) is 15. The Bertz CT molecular complexity index is 1700. The van der Waals surface area contributed by atoms with E-state index >= 15 is 0 Å². The van der Waals surface area contributed by atoms with Crippen LogP contribution in [0.4, 0.5) is 0 Å². The summed E-state index contributed by atoms with van der Waals surface area (Å²) < 4.78 is 68.0. The molecule has 0 bridgehead atoms. The number of esters is 4. The van der Waals surface area contributed by atoms with Gasteiger partial charge >= 0.3 is 39.5 Å². The molecular weight excluding hydrogens is 1150 g/mol. The molecule has 0 radical (unpaired) electrons. The predicted octanol–water partition coefficient (Wildman–Crippen LogP) is 19.2. The van der Waals surface area contributed by atoms with Gasteiger partial charge in [0.2, 0.25) is 0 Å². The predicted molar refractivity (Wildman–Crippen MR) is 349 cm³/mol. The smallest absolute Gasteiger partial charge is 0.462 e. The first kappa shape index (κ1) is 85.1. The molecule has 5 atom stereocenters. The van der Waals surface area contributed by atoms with Gasteiger partial charge in [0.25, 0.3) is 0 Å². The van der Waals surface area contributed by atoms with Crippen LogP contribution in [0, 0.1) is 11.8 Å². The minimum atomic E-state index is -4.95. The van der Waals surface area contributed by atoms with Crippen LogP contribution in [0.1, 0.15) is 343 Å². The maximum atomic E-state index is 13.0. The van der Waals surface area contributed by atoms with Crippen molar-refractivity contribution in [2.24, 2.45) is 11.8 Å². The third-order valence-electron chi connectivity index (χ3n) is 15.7. The van der Waals surface area contributed by atoms with Crippen molar-refractivity contribution in [2.45, 2.75) is 362 Å². The van der Waals surface area contributed by atoms with Crippen molar-refractivity contribution in [3.05, 3.63) is 0 Å². The van der Waals surface area contributed by atoms with E-state index in [0.717, 1.165) is 109 Å². The summed E-state index contributed by atoms with van der Waals surface area (Å²) in [7, 11) is -9.89. The summed E-state index contributed by atoms with van der Waals surface area (Å²) in [6, 6.07) is 0. The van der Waals surface area contributed by atoms with Crippen molar-refractivity contribution < 1.29 is 80.2 Å². The van der Waals surface area contributed by atoms with Gasteiger partial charge in [-0.1, -0.05) is 292 Å². The fraction of sp³-hybridized carbons (Fsp3) is 0.941. The number of phosphoric acid groups is 2. The highest BCUT2D eigenvalue weighted by atomic mass is 31.2. The second-order valence-corrected chi connectivity index (χ2v) is 28.4. The summed E-state index contributed by atoms with van der Waals surface area (Å²) in [6.45, 7) is 9.39. The lowest BCUT2D eigenvalue weighted by atomic mass is 10.0. The zero-order valence-electron chi connectivity index (χ0n) is 56.3. The van der Waals surface area contributed by atoms with Crippen LogP contribution in [-0.4, -0.2) is 96.7 Å². The molecule has 516 valence electrons. The maximum absolute atomic E-state index is 13.0. The number of aliphatic hydroxyl groups excluding tert-OH is 1. The molecule has 0 fully saturated rings. The lowest BCUT2D eigenvalue weighted by molar-refractivity contribution is -0.161. The summed E-state index contributed by atoms with van der Waals surface area (Å²) in [4.78, 5) is 72.2. The van der Waals surface area contributed by atoms with Crippen molar-refractivity contribution in [1.82, 2.24) is 0 Å². The second kappa shape index (κ2) is 60.3. The fourth-order valence-electron chi connectivity index (χ4n) is 10.2. The fourth-order valence-corrected chi connectivity index (χ4v) is 11.8. The number of hydrogen-bond donors (Lipinski definition) is 3. The Balaban J connectivity index is 5.18. The molecule has 0 spiro atoms. The van der Waals surface area contributed by atoms with Gasteiger partial charge in [-0.25, -0.2) is 9.13 Å². The van der Waals surface area contributed by atoms with Crippen LogP contribution < -0.4 is 0 Å². The average molecular weight is 1280 g/mol.